The van der Waals surface area contributed by atoms with Crippen molar-refractivity contribution in [2.45, 2.75) is 6.54 Å². The Hall–Kier alpha value is -2.11. The lowest BCUT2D eigenvalue weighted by Gasteiger charge is -2.10. The van der Waals surface area contributed by atoms with Crippen LogP contribution in [0.4, 0.5) is 0 Å². The fourth-order valence-electron chi connectivity index (χ4n) is 2.25. The highest BCUT2D eigenvalue weighted by Crippen LogP contribution is 2.25. The molecule has 0 bridgehead atoms. The topological polar surface area (TPSA) is 58.9 Å². The van der Waals surface area contributed by atoms with E-state index in [2.05, 4.69) is 20.4 Å². The third-order valence-corrected chi connectivity index (χ3v) is 3.85. The molecule has 0 fully saturated rings. The molecule has 1 N–H and O–H groups in total. The number of rotatable bonds is 4. The molecule has 7 heteroatoms. The van der Waals surface area contributed by atoms with Gasteiger partial charge in [-0.1, -0.05) is 23.2 Å². The molecule has 3 rings (SSSR count). The van der Waals surface area contributed by atoms with E-state index in [1.54, 1.807) is 25.4 Å². The summed E-state index contributed by atoms with van der Waals surface area (Å²) in [6.07, 6.45) is 3.64. The first-order chi connectivity index (χ1) is 10.7. The molecule has 112 valence electrons. The van der Waals surface area contributed by atoms with Gasteiger partial charge in [-0.25, -0.2) is 0 Å². The van der Waals surface area contributed by atoms with Crippen LogP contribution in [0.15, 0.2) is 41.5 Å². The maximum Gasteiger partial charge on any atom is 0.138 e. The largest absolute Gasteiger partial charge is 0.342 e. The summed E-state index contributed by atoms with van der Waals surface area (Å²) in [7, 11) is 1.70. The van der Waals surface area contributed by atoms with Gasteiger partial charge in [-0.2, -0.15) is 15.4 Å². The highest BCUT2D eigenvalue weighted by molar-refractivity contribution is 6.33. The van der Waals surface area contributed by atoms with Crippen molar-refractivity contribution >= 4 is 29.4 Å². The second-order valence-electron chi connectivity index (χ2n) is 4.70. The summed E-state index contributed by atoms with van der Waals surface area (Å²) < 4.78 is 2.04. The van der Waals surface area contributed by atoms with Crippen molar-refractivity contribution in [2.24, 2.45) is 4.99 Å². The zero-order valence-corrected chi connectivity index (χ0v) is 13.3. The molecule has 0 aliphatic carbocycles. The van der Waals surface area contributed by atoms with Crippen molar-refractivity contribution in [2.75, 3.05) is 7.05 Å². The minimum Gasteiger partial charge on any atom is -0.342 e. The summed E-state index contributed by atoms with van der Waals surface area (Å²) in [5.41, 5.74) is 3.31. The van der Waals surface area contributed by atoms with E-state index in [4.69, 9.17) is 23.2 Å². The number of hydrogen-bond donors (Lipinski definition) is 1. The van der Waals surface area contributed by atoms with E-state index in [1.807, 2.05) is 29.0 Å². The molecule has 0 radical (unpaired) electrons. The third kappa shape index (κ3) is 2.91. The third-order valence-electron chi connectivity index (χ3n) is 3.25. The molecule has 1 aromatic carbocycles. The zero-order valence-electron chi connectivity index (χ0n) is 11.8. The Labute approximate surface area is 137 Å². The summed E-state index contributed by atoms with van der Waals surface area (Å²) in [6, 6.07) is 9.37. The van der Waals surface area contributed by atoms with Crippen LogP contribution in [0.5, 0.6) is 0 Å². The van der Waals surface area contributed by atoms with Gasteiger partial charge < -0.3 is 4.57 Å². The maximum atomic E-state index is 6.24. The zero-order chi connectivity index (χ0) is 15.5. The Morgan fingerprint density at radius 3 is 2.95 bits per heavy atom. The molecule has 5 nitrogen and oxygen atoms in total. The van der Waals surface area contributed by atoms with Crippen LogP contribution in [0.1, 0.15) is 11.3 Å². The Balaban J connectivity index is 1.99. The molecule has 0 aliphatic rings. The van der Waals surface area contributed by atoms with E-state index in [-0.39, 0.29) is 0 Å². The van der Waals surface area contributed by atoms with Crippen molar-refractivity contribution in [1.29, 1.82) is 0 Å². The van der Waals surface area contributed by atoms with Crippen LogP contribution in [0, 0.1) is 0 Å². The summed E-state index contributed by atoms with van der Waals surface area (Å²) in [5, 5.41) is 12.3. The van der Waals surface area contributed by atoms with Gasteiger partial charge in [0.15, 0.2) is 0 Å². The summed E-state index contributed by atoms with van der Waals surface area (Å²) in [4.78, 5) is 3.99. The molecule has 2 heterocycles. The fourth-order valence-corrected chi connectivity index (χ4v) is 2.63. The maximum absolute atomic E-state index is 6.24. The summed E-state index contributed by atoms with van der Waals surface area (Å²) in [5.74, 6) is 0. The van der Waals surface area contributed by atoms with Gasteiger partial charge in [0.1, 0.15) is 11.4 Å². The Morgan fingerprint density at radius 1 is 1.27 bits per heavy atom. The van der Waals surface area contributed by atoms with Crippen LogP contribution in [-0.4, -0.2) is 33.2 Å². The van der Waals surface area contributed by atoms with E-state index >= 15 is 0 Å². The molecule has 0 saturated heterocycles. The van der Waals surface area contributed by atoms with Crippen molar-refractivity contribution in [3.63, 3.8) is 0 Å². The van der Waals surface area contributed by atoms with Gasteiger partial charge in [0.25, 0.3) is 0 Å². The van der Waals surface area contributed by atoms with Crippen LogP contribution in [0.25, 0.3) is 11.4 Å². The molecule has 0 saturated carbocycles. The van der Waals surface area contributed by atoms with Gasteiger partial charge in [0, 0.05) is 29.8 Å². The number of hydrogen-bond acceptors (Lipinski definition) is 3. The van der Waals surface area contributed by atoms with Gasteiger partial charge in [-0.3, -0.25) is 4.99 Å². The average Bonchev–Trinajstić information content (AvgIpc) is 3.12. The van der Waals surface area contributed by atoms with Crippen molar-refractivity contribution < 1.29 is 0 Å². The molecule has 22 heavy (non-hydrogen) atoms. The van der Waals surface area contributed by atoms with Crippen molar-refractivity contribution in [3.05, 3.63) is 57.8 Å². The lowest BCUT2D eigenvalue weighted by atomic mass is 10.2. The molecule has 0 aliphatic heterocycles. The van der Waals surface area contributed by atoms with E-state index < -0.39 is 0 Å². The molecule has 3 aromatic rings. The molecular weight excluding hydrogens is 321 g/mol. The van der Waals surface area contributed by atoms with Gasteiger partial charge in [0.2, 0.25) is 0 Å². The fraction of sp³-hybridized carbons (Fsp3) is 0.133. The standard InChI is InChI=1S/C15H13Cl2N5/c1-18-8-13-15(20-21-19-13)14-3-2-6-22(14)9-10-7-11(16)4-5-12(10)17/h2-8H,9H2,1H3,(H,19,20,21). The van der Waals surface area contributed by atoms with Gasteiger partial charge >= 0.3 is 0 Å². The quantitative estimate of drug-likeness (QED) is 0.740. The SMILES string of the molecule is CN=Cc1n[nH]nc1-c1cccn1Cc1cc(Cl)ccc1Cl. The number of nitrogens with one attached hydrogen (secondary N) is 1. The smallest absolute Gasteiger partial charge is 0.138 e. The van der Waals surface area contributed by atoms with Crippen molar-refractivity contribution in [1.82, 2.24) is 20.0 Å². The van der Waals surface area contributed by atoms with E-state index in [9.17, 15) is 0 Å². The van der Waals surface area contributed by atoms with Crippen LogP contribution in [0.2, 0.25) is 10.0 Å². The summed E-state index contributed by atoms with van der Waals surface area (Å²) >= 11 is 12.3. The van der Waals surface area contributed by atoms with Crippen molar-refractivity contribution in [3.8, 4) is 11.4 Å². The van der Waals surface area contributed by atoms with E-state index in [0.717, 1.165) is 17.0 Å². The van der Waals surface area contributed by atoms with Gasteiger partial charge in [-0.05, 0) is 35.9 Å². The monoisotopic (exact) mass is 333 g/mol. The molecule has 0 amide bonds. The van der Waals surface area contributed by atoms with Crippen LogP contribution in [0.3, 0.4) is 0 Å². The highest BCUT2D eigenvalue weighted by Gasteiger charge is 2.13. The molecule has 0 spiro atoms. The highest BCUT2D eigenvalue weighted by atomic mass is 35.5. The second kappa shape index (κ2) is 6.34. The first kappa shape index (κ1) is 14.8. The number of aromatic amines is 1. The van der Waals surface area contributed by atoms with Crippen LogP contribution >= 0.6 is 23.2 Å². The summed E-state index contributed by atoms with van der Waals surface area (Å²) in [6.45, 7) is 0.595. The molecule has 2 aromatic heterocycles. The number of H-pyrrole nitrogens is 1. The van der Waals surface area contributed by atoms with Gasteiger partial charge in [0.05, 0.1) is 11.9 Å². The minimum atomic E-state index is 0.595. The first-order valence-electron chi connectivity index (χ1n) is 6.61. The molecule has 0 unspecified atom stereocenters. The number of aliphatic imine (C=N–C) groups is 1. The minimum absolute atomic E-state index is 0.595. The predicted octanol–water partition coefficient (Wildman–Crippen LogP) is 3.68. The molecule has 0 atom stereocenters. The number of aromatic nitrogens is 4. The van der Waals surface area contributed by atoms with Gasteiger partial charge in [-0.15, -0.1) is 0 Å². The normalized spacial score (nSPS) is 11.4. The van der Waals surface area contributed by atoms with Crippen LogP contribution < -0.4 is 0 Å². The predicted molar refractivity (Wildman–Crippen MR) is 88.9 cm³/mol. The second-order valence-corrected chi connectivity index (χ2v) is 5.55. The lowest BCUT2D eigenvalue weighted by molar-refractivity contribution is 0.810. The number of benzene rings is 1. The Kier molecular flexibility index (Phi) is 4.27. The van der Waals surface area contributed by atoms with Crippen LogP contribution in [-0.2, 0) is 6.54 Å². The number of halogens is 2. The first-order valence-corrected chi connectivity index (χ1v) is 7.37. The van der Waals surface area contributed by atoms with E-state index in [0.29, 0.717) is 22.3 Å². The average molecular weight is 334 g/mol. The van der Waals surface area contributed by atoms with E-state index in [1.165, 1.54) is 0 Å². The Bertz CT molecular complexity index is 819. The Morgan fingerprint density at radius 2 is 2.14 bits per heavy atom. The lowest BCUT2D eigenvalue weighted by Crippen LogP contribution is -2.02. The number of nitrogens with zero attached hydrogens (tertiary/aromatic N) is 4. The molecular formula is C15H13Cl2N5.